The highest BCUT2D eigenvalue weighted by Crippen LogP contribution is 2.38. The minimum atomic E-state index is -0.0865. The molecule has 0 amide bonds. The Morgan fingerprint density at radius 3 is 2.72 bits per heavy atom. The van der Waals surface area contributed by atoms with Crippen LogP contribution in [0.2, 0.25) is 0 Å². The first-order valence-electron chi connectivity index (χ1n) is 9.11. The largest absolute Gasteiger partial charge is 0.466 e. The normalized spacial score (nSPS) is 13.4. The second kappa shape index (κ2) is 7.64. The highest BCUT2D eigenvalue weighted by molar-refractivity contribution is 6.26. The number of fused-ring (bicyclic) bond motifs is 3. The maximum absolute atomic E-state index is 11.4. The molecule has 3 nitrogen and oxygen atoms in total. The van der Waals surface area contributed by atoms with Crippen molar-refractivity contribution in [3.63, 3.8) is 0 Å². The summed E-state index contributed by atoms with van der Waals surface area (Å²) < 4.78 is 7.34. The number of carbonyl (C=O) groups is 1. The van der Waals surface area contributed by atoms with Gasteiger partial charge in [0.25, 0.3) is 0 Å². The molecule has 0 N–H and O–H groups in total. The maximum atomic E-state index is 11.4. The molecular weight excluding hydrogens is 310 g/mol. The van der Waals surface area contributed by atoms with E-state index in [2.05, 4.69) is 54.5 Å². The Hall–Kier alpha value is -2.42. The summed E-state index contributed by atoms with van der Waals surface area (Å²) in [6.45, 7) is 9.74. The molecule has 130 valence electrons. The third-order valence-electron chi connectivity index (χ3n) is 4.91. The Labute approximate surface area is 149 Å². The van der Waals surface area contributed by atoms with Crippen molar-refractivity contribution in [2.24, 2.45) is 0 Å². The smallest absolute Gasteiger partial charge is 0.305 e. The van der Waals surface area contributed by atoms with Crippen LogP contribution in [-0.2, 0) is 9.53 Å². The second-order valence-electron chi connectivity index (χ2n) is 6.51. The fraction of sp³-hybridized carbons (Fsp3) is 0.364. The first-order chi connectivity index (χ1) is 12.1. The lowest BCUT2D eigenvalue weighted by Crippen LogP contribution is -2.11. The van der Waals surface area contributed by atoms with E-state index in [1.807, 2.05) is 6.92 Å². The lowest BCUT2D eigenvalue weighted by molar-refractivity contribution is -0.437. The molecular formula is C22H26NO2+. The molecule has 0 saturated heterocycles. The van der Waals surface area contributed by atoms with E-state index >= 15 is 0 Å². The average Bonchev–Trinajstić information content (AvgIpc) is 2.86. The van der Waals surface area contributed by atoms with E-state index in [-0.39, 0.29) is 5.97 Å². The molecule has 0 aliphatic carbocycles. The third-order valence-corrected chi connectivity index (χ3v) is 4.91. The van der Waals surface area contributed by atoms with Crippen LogP contribution in [0.4, 0.5) is 5.69 Å². The van der Waals surface area contributed by atoms with Crippen molar-refractivity contribution >= 4 is 33.7 Å². The molecule has 3 rings (SSSR count). The van der Waals surface area contributed by atoms with Crippen molar-refractivity contribution in [1.29, 1.82) is 0 Å². The van der Waals surface area contributed by atoms with E-state index < -0.39 is 0 Å². The summed E-state index contributed by atoms with van der Waals surface area (Å²) in [5.41, 5.74) is 4.88. The van der Waals surface area contributed by atoms with Gasteiger partial charge in [0.15, 0.2) is 5.71 Å². The minimum absolute atomic E-state index is 0.0865. The zero-order chi connectivity index (χ0) is 17.8. The lowest BCUT2D eigenvalue weighted by Gasteiger charge is -2.05. The molecule has 2 aromatic rings. The summed E-state index contributed by atoms with van der Waals surface area (Å²) in [6, 6.07) is 12.9. The summed E-state index contributed by atoms with van der Waals surface area (Å²) in [6.07, 6.45) is 3.48. The van der Waals surface area contributed by atoms with Crippen molar-refractivity contribution in [1.82, 2.24) is 0 Å². The molecule has 0 bridgehead atoms. The molecule has 25 heavy (non-hydrogen) atoms. The maximum Gasteiger partial charge on any atom is 0.305 e. The van der Waals surface area contributed by atoms with Crippen LogP contribution in [0, 0.1) is 0 Å². The van der Waals surface area contributed by atoms with Crippen molar-refractivity contribution in [3.8, 4) is 0 Å². The molecule has 1 aliphatic heterocycles. The van der Waals surface area contributed by atoms with Crippen molar-refractivity contribution in [3.05, 3.63) is 48.5 Å². The van der Waals surface area contributed by atoms with Crippen molar-refractivity contribution in [2.75, 3.05) is 13.2 Å². The van der Waals surface area contributed by atoms with E-state index in [1.165, 1.54) is 27.7 Å². The predicted molar refractivity (Wildman–Crippen MR) is 104 cm³/mol. The predicted octanol–water partition coefficient (Wildman–Crippen LogP) is 5.10. The van der Waals surface area contributed by atoms with Crippen LogP contribution in [0.3, 0.4) is 0 Å². The van der Waals surface area contributed by atoms with E-state index in [4.69, 9.17) is 4.74 Å². The van der Waals surface area contributed by atoms with E-state index in [1.54, 1.807) is 0 Å². The Bertz CT molecular complexity index is 848. The van der Waals surface area contributed by atoms with Gasteiger partial charge in [0.2, 0.25) is 5.69 Å². The molecule has 0 aromatic heterocycles. The minimum Gasteiger partial charge on any atom is -0.466 e. The number of rotatable bonds is 7. The molecule has 0 unspecified atom stereocenters. The molecule has 1 heterocycles. The zero-order valence-electron chi connectivity index (χ0n) is 15.2. The number of nitrogens with zero attached hydrogens (tertiary/aromatic N) is 1. The quantitative estimate of drug-likeness (QED) is 0.400. The molecule has 2 aromatic carbocycles. The van der Waals surface area contributed by atoms with Crippen LogP contribution in [0.25, 0.3) is 16.3 Å². The van der Waals surface area contributed by atoms with Gasteiger partial charge in [-0.05, 0) is 36.6 Å². The highest BCUT2D eigenvalue weighted by Gasteiger charge is 2.31. The van der Waals surface area contributed by atoms with Crippen LogP contribution in [0.1, 0.15) is 45.1 Å². The fourth-order valence-corrected chi connectivity index (χ4v) is 3.56. The lowest BCUT2D eigenvalue weighted by atomic mass is 9.98. The van der Waals surface area contributed by atoms with Gasteiger partial charge in [-0.25, -0.2) is 0 Å². The Morgan fingerprint density at radius 1 is 1.12 bits per heavy atom. The van der Waals surface area contributed by atoms with Crippen molar-refractivity contribution < 1.29 is 14.1 Å². The fourth-order valence-electron chi connectivity index (χ4n) is 3.56. The van der Waals surface area contributed by atoms with Crippen LogP contribution < -0.4 is 0 Å². The summed E-state index contributed by atoms with van der Waals surface area (Å²) in [7, 11) is 0. The van der Waals surface area contributed by atoms with E-state index in [0.29, 0.717) is 13.0 Å². The van der Waals surface area contributed by atoms with Crippen LogP contribution in [-0.4, -0.2) is 29.4 Å². The van der Waals surface area contributed by atoms with Gasteiger partial charge in [-0.15, -0.1) is 0 Å². The number of ether oxygens (including phenoxy) is 1. The number of unbranched alkanes of at least 4 members (excludes halogenated alkanes) is 2. The second-order valence-corrected chi connectivity index (χ2v) is 6.51. The Kier molecular flexibility index (Phi) is 5.32. The van der Waals surface area contributed by atoms with Gasteiger partial charge in [0, 0.05) is 31.4 Å². The van der Waals surface area contributed by atoms with E-state index in [9.17, 15) is 4.79 Å². The van der Waals surface area contributed by atoms with Gasteiger partial charge in [0.05, 0.1) is 12.2 Å². The summed E-state index contributed by atoms with van der Waals surface area (Å²) in [4.78, 5) is 11.4. The summed E-state index contributed by atoms with van der Waals surface area (Å²) in [5.74, 6) is -0.0865. The molecule has 0 saturated carbocycles. The van der Waals surface area contributed by atoms with Gasteiger partial charge in [0.1, 0.15) is 6.54 Å². The topological polar surface area (TPSA) is 29.3 Å². The molecule has 1 aliphatic rings. The average molecular weight is 336 g/mol. The number of esters is 1. The number of carbonyl (C=O) groups excluding carboxylic acids is 1. The molecule has 0 fully saturated rings. The molecule has 0 atom stereocenters. The third kappa shape index (κ3) is 3.51. The Morgan fingerprint density at radius 2 is 1.92 bits per heavy atom. The first kappa shape index (κ1) is 17.4. The van der Waals surface area contributed by atoms with Gasteiger partial charge in [-0.1, -0.05) is 30.8 Å². The van der Waals surface area contributed by atoms with E-state index in [0.717, 1.165) is 31.4 Å². The van der Waals surface area contributed by atoms with Gasteiger partial charge in [-0.2, -0.15) is 4.58 Å². The highest BCUT2D eigenvalue weighted by atomic mass is 16.5. The van der Waals surface area contributed by atoms with Gasteiger partial charge in [-0.3, -0.25) is 4.79 Å². The van der Waals surface area contributed by atoms with Gasteiger partial charge < -0.3 is 4.74 Å². The zero-order valence-corrected chi connectivity index (χ0v) is 15.2. The van der Waals surface area contributed by atoms with Crippen LogP contribution in [0.15, 0.2) is 43.0 Å². The monoisotopic (exact) mass is 336 g/mol. The molecule has 3 heteroatoms. The summed E-state index contributed by atoms with van der Waals surface area (Å²) in [5, 5.41) is 2.53. The Balaban J connectivity index is 1.68. The molecule has 0 radical (unpaired) electrons. The number of benzene rings is 2. The van der Waals surface area contributed by atoms with Crippen LogP contribution >= 0.6 is 0 Å². The summed E-state index contributed by atoms with van der Waals surface area (Å²) >= 11 is 0. The van der Waals surface area contributed by atoms with Gasteiger partial charge >= 0.3 is 5.97 Å². The number of hydrogen-bond donors (Lipinski definition) is 0. The molecule has 0 spiro atoms. The standard InChI is InChI=1S/C22H26NO2/c1-4-25-21(24)12-6-5-9-15-23-17(3)16(2)22-19-11-8-7-10-18(19)13-14-20(22)23/h7-8,10-11,13-14H,2,4-6,9,12,15H2,1,3H3/q+1. The van der Waals surface area contributed by atoms with Crippen molar-refractivity contribution in [2.45, 2.75) is 39.5 Å². The first-order valence-corrected chi connectivity index (χ1v) is 9.11. The van der Waals surface area contributed by atoms with Crippen LogP contribution in [0.5, 0.6) is 0 Å². The number of hydrogen-bond acceptors (Lipinski definition) is 2. The number of allylic oxidation sites excluding steroid dienone is 1. The SMILES string of the molecule is C=C1C(C)=[N+](CCCCCC(=O)OCC)c2ccc3ccccc3c21.